The number of benzene rings is 1. The minimum Gasteiger partial charge on any atom is -0.396 e. The molecule has 1 aliphatic rings. The molecule has 1 saturated carbocycles. The minimum absolute atomic E-state index is 0.277. The highest BCUT2D eigenvalue weighted by Gasteiger charge is 2.26. The van der Waals surface area contributed by atoms with Crippen molar-refractivity contribution in [2.24, 2.45) is 5.92 Å². The molecule has 0 spiro atoms. The standard InChI is InChI=1S/C10H12F2N2O2S/c11-7-3-8(12)10(4-9(7)13)17(15,16)14-5-6-1-2-6/h3-4,6,14H,1-2,5,13H2. The third-order valence-electron chi connectivity index (χ3n) is 2.60. The van der Waals surface area contributed by atoms with E-state index in [1.165, 1.54) is 0 Å². The van der Waals surface area contributed by atoms with E-state index < -0.39 is 32.2 Å². The van der Waals surface area contributed by atoms with Crippen LogP contribution < -0.4 is 10.5 Å². The lowest BCUT2D eigenvalue weighted by Gasteiger charge is -2.08. The van der Waals surface area contributed by atoms with Crippen LogP contribution in [0.25, 0.3) is 0 Å². The van der Waals surface area contributed by atoms with E-state index in [-0.39, 0.29) is 6.54 Å². The number of hydrogen-bond donors (Lipinski definition) is 2. The van der Waals surface area contributed by atoms with Gasteiger partial charge in [0.15, 0.2) is 0 Å². The van der Waals surface area contributed by atoms with E-state index in [0.717, 1.165) is 18.9 Å². The van der Waals surface area contributed by atoms with Gasteiger partial charge in [0.25, 0.3) is 0 Å². The fourth-order valence-electron chi connectivity index (χ4n) is 1.38. The van der Waals surface area contributed by atoms with Gasteiger partial charge >= 0.3 is 0 Å². The van der Waals surface area contributed by atoms with E-state index in [2.05, 4.69) is 4.72 Å². The van der Waals surface area contributed by atoms with E-state index in [1.54, 1.807) is 0 Å². The van der Waals surface area contributed by atoms with E-state index in [9.17, 15) is 17.2 Å². The van der Waals surface area contributed by atoms with Crippen molar-refractivity contribution in [1.82, 2.24) is 4.72 Å². The first-order valence-electron chi connectivity index (χ1n) is 5.14. The Morgan fingerprint density at radius 1 is 1.29 bits per heavy atom. The molecule has 0 saturated heterocycles. The number of hydrogen-bond acceptors (Lipinski definition) is 3. The Labute approximate surface area is 97.9 Å². The summed E-state index contributed by atoms with van der Waals surface area (Å²) in [7, 11) is -3.96. The van der Waals surface area contributed by atoms with Crippen LogP contribution in [0.4, 0.5) is 14.5 Å². The van der Waals surface area contributed by atoms with Crippen molar-refractivity contribution in [2.75, 3.05) is 12.3 Å². The van der Waals surface area contributed by atoms with Gasteiger partial charge in [0, 0.05) is 12.6 Å². The minimum atomic E-state index is -3.96. The molecule has 17 heavy (non-hydrogen) atoms. The van der Waals surface area contributed by atoms with Gasteiger partial charge in [-0.15, -0.1) is 0 Å². The number of nitrogens with one attached hydrogen (secondary N) is 1. The van der Waals surface area contributed by atoms with E-state index in [1.807, 2.05) is 0 Å². The van der Waals surface area contributed by atoms with Crippen molar-refractivity contribution in [2.45, 2.75) is 17.7 Å². The zero-order valence-corrected chi connectivity index (χ0v) is 9.73. The molecule has 4 nitrogen and oxygen atoms in total. The third-order valence-corrected chi connectivity index (χ3v) is 4.04. The van der Waals surface area contributed by atoms with Crippen LogP contribution in [-0.2, 0) is 10.0 Å². The first-order valence-corrected chi connectivity index (χ1v) is 6.62. The molecule has 3 N–H and O–H groups in total. The average molecular weight is 262 g/mol. The molecule has 1 fully saturated rings. The van der Waals surface area contributed by atoms with Gasteiger partial charge in [-0.25, -0.2) is 21.9 Å². The molecule has 0 heterocycles. The summed E-state index contributed by atoms with van der Waals surface area (Å²) in [5.41, 5.74) is 4.83. The average Bonchev–Trinajstić information content (AvgIpc) is 3.04. The van der Waals surface area contributed by atoms with Gasteiger partial charge in [-0.05, 0) is 24.8 Å². The number of rotatable bonds is 4. The van der Waals surface area contributed by atoms with Crippen molar-refractivity contribution < 1.29 is 17.2 Å². The maximum atomic E-state index is 13.4. The van der Waals surface area contributed by atoms with Gasteiger partial charge < -0.3 is 5.73 Å². The number of nitrogen functional groups attached to an aromatic ring is 1. The second-order valence-electron chi connectivity index (χ2n) is 4.10. The molecule has 0 bridgehead atoms. The highest BCUT2D eigenvalue weighted by atomic mass is 32.2. The molecule has 0 unspecified atom stereocenters. The molecule has 0 amide bonds. The molecule has 1 aromatic rings. The second-order valence-corrected chi connectivity index (χ2v) is 5.83. The van der Waals surface area contributed by atoms with Crippen molar-refractivity contribution in [3.63, 3.8) is 0 Å². The summed E-state index contributed by atoms with van der Waals surface area (Å²) in [4.78, 5) is -0.614. The van der Waals surface area contributed by atoms with E-state index in [4.69, 9.17) is 5.73 Å². The summed E-state index contributed by atoms with van der Waals surface area (Å²) in [6.45, 7) is 0.277. The number of nitrogens with two attached hydrogens (primary N) is 1. The Bertz CT molecular complexity index is 541. The largest absolute Gasteiger partial charge is 0.396 e. The Balaban J connectivity index is 2.27. The first kappa shape index (κ1) is 12.3. The quantitative estimate of drug-likeness (QED) is 0.802. The molecule has 94 valence electrons. The van der Waals surface area contributed by atoms with Crippen LogP contribution in [0.15, 0.2) is 17.0 Å². The summed E-state index contributed by atoms with van der Waals surface area (Å²) in [5, 5.41) is 0. The smallest absolute Gasteiger partial charge is 0.243 e. The van der Waals surface area contributed by atoms with Crippen LogP contribution in [0.3, 0.4) is 0 Å². The van der Waals surface area contributed by atoms with E-state index in [0.29, 0.717) is 12.0 Å². The normalized spacial score (nSPS) is 16.1. The fraction of sp³-hybridized carbons (Fsp3) is 0.400. The summed E-state index contributed by atoms with van der Waals surface area (Å²) < 4.78 is 52.0. The Hall–Kier alpha value is -1.21. The van der Waals surface area contributed by atoms with Gasteiger partial charge in [-0.1, -0.05) is 0 Å². The van der Waals surface area contributed by atoms with Crippen LogP contribution in [0.5, 0.6) is 0 Å². The summed E-state index contributed by atoms with van der Waals surface area (Å²) in [5.74, 6) is -1.78. The van der Waals surface area contributed by atoms with Crippen molar-refractivity contribution in [1.29, 1.82) is 0 Å². The lowest BCUT2D eigenvalue weighted by atomic mass is 10.3. The maximum absolute atomic E-state index is 13.4. The van der Waals surface area contributed by atoms with Gasteiger partial charge in [0.05, 0.1) is 5.69 Å². The van der Waals surface area contributed by atoms with Crippen molar-refractivity contribution >= 4 is 15.7 Å². The predicted octanol–water partition coefficient (Wildman–Crippen LogP) is 1.24. The van der Waals surface area contributed by atoms with Crippen LogP contribution in [0, 0.1) is 17.6 Å². The maximum Gasteiger partial charge on any atom is 0.243 e. The van der Waals surface area contributed by atoms with Gasteiger partial charge in [0.1, 0.15) is 16.5 Å². The molecule has 1 aliphatic carbocycles. The van der Waals surface area contributed by atoms with Crippen molar-refractivity contribution in [3.05, 3.63) is 23.8 Å². The van der Waals surface area contributed by atoms with Gasteiger partial charge in [-0.2, -0.15) is 0 Å². The molecule has 0 atom stereocenters. The van der Waals surface area contributed by atoms with E-state index >= 15 is 0 Å². The topological polar surface area (TPSA) is 72.2 Å². The molecular weight excluding hydrogens is 250 g/mol. The lowest BCUT2D eigenvalue weighted by Crippen LogP contribution is -2.26. The third kappa shape index (κ3) is 2.73. The Morgan fingerprint density at radius 2 is 1.94 bits per heavy atom. The zero-order chi connectivity index (χ0) is 12.6. The second kappa shape index (κ2) is 4.23. The molecule has 0 aliphatic heterocycles. The zero-order valence-electron chi connectivity index (χ0n) is 8.91. The lowest BCUT2D eigenvalue weighted by molar-refractivity contribution is 0.543. The number of halogens is 2. The number of sulfonamides is 1. The van der Waals surface area contributed by atoms with Gasteiger partial charge in [-0.3, -0.25) is 0 Å². The predicted molar refractivity (Wildman–Crippen MR) is 58.7 cm³/mol. The Morgan fingerprint density at radius 3 is 2.53 bits per heavy atom. The van der Waals surface area contributed by atoms with Gasteiger partial charge in [0.2, 0.25) is 10.0 Å². The molecule has 7 heteroatoms. The Kier molecular flexibility index (Phi) is 3.05. The highest BCUT2D eigenvalue weighted by Crippen LogP contribution is 2.28. The van der Waals surface area contributed by atoms with Crippen LogP contribution in [0.1, 0.15) is 12.8 Å². The molecule has 0 radical (unpaired) electrons. The monoisotopic (exact) mass is 262 g/mol. The first-order chi connectivity index (χ1) is 7.90. The van der Waals surface area contributed by atoms with Crippen LogP contribution in [0.2, 0.25) is 0 Å². The SMILES string of the molecule is Nc1cc(S(=O)(=O)NCC2CC2)c(F)cc1F. The van der Waals surface area contributed by atoms with Crippen LogP contribution >= 0.6 is 0 Å². The summed E-state index contributed by atoms with van der Waals surface area (Å²) in [6.07, 6.45) is 1.94. The molecule has 2 rings (SSSR count). The summed E-state index contributed by atoms with van der Waals surface area (Å²) >= 11 is 0. The summed E-state index contributed by atoms with van der Waals surface area (Å²) in [6, 6.07) is 1.26. The molecule has 1 aromatic carbocycles. The molecule has 0 aromatic heterocycles. The number of anilines is 1. The molecular formula is C10H12F2N2O2S. The fourth-order valence-corrected chi connectivity index (χ4v) is 2.59. The van der Waals surface area contributed by atoms with Crippen molar-refractivity contribution in [3.8, 4) is 0 Å². The highest BCUT2D eigenvalue weighted by molar-refractivity contribution is 7.89. The van der Waals surface area contributed by atoms with Crippen LogP contribution in [-0.4, -0.2) is 15.0 Å².